The topological polar surface area (TPSA) is 0 Å². The van der Waals surface area contributed by atoms with E-state index in [2.05, 4.69) is 105 Å². The van der Waals surface area contributed by atoms with Gasteiger partial charge in [0.05, 0.1) is 0 Å². The molecule has 0 aliphatic rings. The van der Waals surface area contributed by atoms with Crippen LogP contribution in [0.25, 0.3) is 21.9 Å². The molecule has 0 aromatic heterocycles. The van der Waals surface area contributed by atoms with Gasteiger partial charge >= 0.3 is 0 Å². The molecule has 0 heterocycles. The van der Waals surface area contributed by atoms with Crippen LogP contribution in [0, 0.1) is 13.8 Å². The minimum absolute atomic E-state index is 1.28. The number of benzene rings is 5. The van der Waals surface area contributed by atoms with Gasteiger partial charge in [0.25, 0.3) is 0 Å². The molecular weight excluding hydrogens is 360 g/mol. The van der Waals surface area contributed by atoms with Crippen molar-refractivity contribution in [3.05, 3.63) is 145 Å². The molecule has 0 unspecified atom stereocenters. The van der Waals surface area contributed by atoms with Gasteiger partial charge in [-0.25, -0.2) is 0 Å². The third-order valence-electron chi connectivity index (χ3n) is 4.73. The van der Waals surface area contributed by atoms with Gasteiger partial charge in [-0.15, -0.1) is 0 Å². The van der Waals surface area contributed by atoms with E-state index < -0.39 is 0 Å². The lowest BCUT2D eigenvalue weighted by atomic mass is 10.0. The Kier molecular flexibility index (Phi) is 8.00. The zero-order chi connectivity index (χ0) is 21.0. The van der Waals surface area contributed by atoms with Gasteiger partial charge in [-0.05, 0) is 35.7 Å². The van der Waals surface area contributed by atoms with Crippen molar-refractivity contribution in [3.8, 4) is 11.1 Å². The first-order chi connectivity index (χ1) is 14.7. The molecule has 0 aliphatic heterocycles. The van der Waals surface area contributed by atoms with E-state index in [4.69, 9.17) is 0 Å². The third-order valence-corrected chi connectivity index (χ3v) is 4.73. The van der Waals surface area contributed by atoms with Crippen LogP contribution in [0.1, 0.15) is 11.1 Å². The normalized spacial score (nSPS) is 9.67. The summed E-state index contributed by atoms with van der Waals surface area (Å²) in [6.07, 6.45) is 0. The van der Waals surface area contributed by atoms with Crippen LogP contribution in [-0.4, -0.2) is 0 Å². The molecule has 0 fully saturated rings. The fourth-order valence-electron chi connectivity index (χ4n) is 3.07. The molecule has 0 saturated carbocycles. The molecule has 0 aliphatic carbocycles. The summed E-state index contributed by atoms with van der Waals surface area (Å²) in [7, 11) is 0. The van der Waals surface area contributed by atoms with Crippen molar-refractivity contribution in [1.29, 1.82) is 0 Å². The van der Waals surface area contributed by atoms with E-state index in [-0.39, 0.29) is 0 Å². The number of aryl methyl sites for hydroxylation is 2. The minimum atomic E-state index is 1.28. The maximum atomic E-state index is 2.20. The zero-order valence-electron chi connectivity index (χ0n) is 17.7. The average Bonchev–Trinajstić information content (AvgIpc) is 2.82. The molecule has 0 bridgehead atoms. The second kappa shape index (κ2) is 11.4. The largest absolute Gasteiger partial charge is 0.0623 e. The molecule has 0 spiro atoms. The molecule has 0 amide bonds. The van der Waals surface area contributed by atoms with Gasteiger partial charge in [-0.1, -0.05) is 145 Å². The van der Waals surface area contributed by atoms with Crippen molar-refractivity contribution in [2.75, 3.05) is 0 Å². The van der Waals surface area contributed by atoms with Crippen LogP contribution in [0.5, 0.6) is 0 Å². The standard InChI is InChI=1S/C13H12.C11H10.C6H6/c1-11-7-9-13(10-8-11)12-5-3-2-4-6-12;1-9-6-7-10-4-2-3-5-11(10)8-9;1-2-4-6-5-3-1/h2-10H,1H3;2-8H,1H3;1-6H. The number of hydrogen-bond donors (Lipinski definition) is 0. The SMILES string of the molecule is Cc1ccc(-c2ccccc2)cc1.Cc1ccc2ccccc2c1.c1ccccc1. The molecular formula is C30H28. The predicted octanol–water partition coefficient (Wildman–Crippen LogP) is 8.50. The number of hydrogen-bond acceptors (Lipinski definition) is 0. The quantitative estimate of drug-likeness (QED) is 0.270. The van der Waals surface area contributed by atoms with Crippen LogP contribution in [0.3, 0.4) is 0 Å². The molecule has 0 nitrogen and oxygen atoms in total. The van der Waals surface area contributed by atoms with Crippen molar-refractivity contribution in [2.45, 2.75) is 13.8 Å². The van der Waals surface area contributed by atoms with Gasteiger partial charge in [0.2, 0.25) is 0 Å². The summed E-state index contributed by atoms with van der Waals surface area (Å²) in [5.74, 6) is 0. The van der Waals surface area contributed by atoms with Crippen molar-refractivity contribution in [3.63, 3.8) is 0 Å². The minimum Gasteiger partial charge on any atom is -0.0623 e. The molecule has 30 heavy (non-hydrogen) atoms. The van der Waals surface area contributed by atoms with Crippen molar-refractivity contribution < 1.29 is 0 Å². The Bertz CT molecular complexity index is 1100. The molecule has 0 heteroatoms. The Labute approximate surface area is 180 Å². The first-order valence-electron chi connectivity index (χ1n) is 10.3. The fourth-order valence-corrected chi connectivity index (χ4v) is 3.07. The van der Waals surface area contributed by atoms with Crippen LogP contribution < -0.4 is 0 Å². The summed E-state index contributed by atoms with van der Waals surface area (Å²) in [6.45, 7) is 4.22. The lowest BCUT2D eigenvalue weighted by Gasteiger charge is -2.00. The Hall–Kier alpha value is -3.64. The molecule has 148 valence electrons. The molecule has 0 radical (unpaired) electrons. The molecule has 5 aromatic rings. The Balaban J connectivity index is 0.000000136. The van der Waals surface area contributed by atoms with Crippen molar-refractivity contribution >= 4 is 10.8 Å². The number of rotatable bonds is 1. The predicted molar refractivity (Wildman–Crippen MR) is 132 cm³/mol. The van der Waals surface area contributed by atoms with E-state index in [1.165, 1.54) is 33.0 Å². The third kappa shape index (κ3) is 6.76. The summed E-state index contributed by atoms with van der Waals surface area (Å²) in [4.78, 5) is 0. The summed E-state index contributed by atoms with van der Waals surface area (Å²) >= 11 is 0. The van der Waals surface area contributed by atoms with Crippen LogP contribution in [0.4, 0.5) is 0 Å². The van der Waals surface area contributed by atoms with Crippen molar-refractivity contribution in [1.82, 2.24) is 0 Å². The zero-order valence-corrected chi connectivity index (χ0v) is 17.7. The van der Waals surface area contributed by atoms with Gasteiger partial charge in [0, 0.05) is 0 Å². The summed E-state index contributed by atoms with van der Waals surface area (Å²) in [5, 5.41) is 2.64. The van der Waals surface area contributed by atoms with Gasteiger partial charge in [-0.2, -0.15) is 0 Å². The summed E-state index contributed by atoms with van der Waals surface area (Å²) in [5.41, 5.74) is 5.19. The molecule has 5 aromatic carbocycles. The van der Waals surface area contributed by atoms with E-state index >= 15 is 0 Å². The molecule has 0 saturated heterocycles. The fraction of sp³-hybridized carbons (Fsp3) is 0.0667. The molecule has 5 rings (SSSR count). The highest BCUT2D eigenvalue weighted by Crippen LogP contribution is 2.18. The molecule has 0 atom stereocenters. The highest BCUT2D eigenvalue weighted by molar-refractivity contribution is 5.82. The monoisotopic (exact) mass is 388 g/mol. The summed E-state index contributed by atoms with van der Waals surface area (Å²) < 4.78 is 0. The van der Waals surface area contributed by atoms with Crippen LogP contribution in [0.15, 0.2) is 133 Å². The van der Waals surface area contributed by atoms with Crippen LogP contribution in [0.2, 0.25) is 0 Å². The first-order valence-corrected chi connectivity index (χ1v) is 10.3. The van der Waals surface area contributed by atoms with E-state index in [9.17, 15) is 0 Å². The van der Waals surface area contributed by atoms with Gasteiger partial charge in [-0.3, -0.25) is 0 Å². The van der Waals surface area contributed by atoms with E-state index in [1.807, 2.05) is 42.5 Å². The van der Waals surface area contributed by atoms with Gasteiger partial charge < -0.3 is 0 Å². The van der Waals surface area contributed by atoms with Gasteiger partial charge in [0.15, 0.2) is 0 Å². The maximum Gasteiger partial charge on any atom is -0.0181 e. The Morgan fingerprint density at radius 1 is 0.333 bits per heavy atom. The van der Waals surface area contributed by atoms with E-state index in [0.29, 0.717) is 0 Å². The molecule has 0 N–H and O–H groups in total. The second-order valence-electron chi connectivity index (χ2n) is 7.24. The maximum absolute atomic E-state index is 2.20. The van der Waals surface area contributed by atoms with Gasteiger partial charge in [0.1, 0.15) is 0 Å². The summed E-state index contributed by atoms with van der Waals surface area (Å²) in [6, 6.07) is 45.9. The van der Waals surface area contributed by atoms with E-state index in [0.717, 1.165) is 0 Å². The Morgan fingerprint density at radius 2 is 0.767 bits per heavy atom. The number of fused-ring (bicyclic) bond motifs is 1. The first kappa shape index (κ1) is 21.1. The average molecular weight is 389 g/mol. The smallest absolute Gasteiger partial charge is 0.0181 e. The van der Waals surface area contributed by atoms with Crippen LogP contribution in [-0.2, 0) is 0 Å². The lowest BCUT2D eigenvalue weighted by Crippen LogP contribution is -1.76. The Morgan fingerprint density at radius 3 is 1.37 bits per heavy atom. The highest BCUT2D eigenvalue weighted by Gasteiger charge is 1.94. The lowest BCUT2D eigenvalue weighted by molar-refractivity contribution is 1.47. The second-order valence-corrected chi connectivity index (χ2v) is 7.24. The highest BCUT2D eigenvalue weighted by atomic mass is 14.0. The van der Waals surface area contributed by atoms with Crippen molar-refractivity contribution in [2.24, 2.45) is 0 Å². The van der Waals surface area contributed by atoms with Crippen LogP contribution >= 0.6 is 0 Å². The van der Waals surface area contributed by atoms with E-state index in [1.54, 1.807) is 0 Å².